The number of nitrogens with one attached hydrogen (secondary N) is 1. The molecule has 0 heterocycles. The van der Waals surface area contributed by atoms with Gasteiger partial charge in [-0.15, -0.1) is 0 Å². The first-order chi connectivity index (χ1) is 10.9. The van der Waals surface area contributed by atoms with E-state index >= 15 is 0 Å². The molecule has 0 saturated heterocycles. The number of hydrogen-bond acceptors (Lipinski definition) is 5. The van der Waals surface area contributed by atoms with Crippen LogP contribution in [0.25, 0.3) is 0 Å². The van der Waals surface area contributed by atoms with Crippen molar-refractivity contribution in [2.24, 2.45) is 0 Å². The molecule has 0 saturated carbocycles. The summed E-state index contributed by atoms with van der Waals surface area (Å²) in [5.41, 5.74) is 1.55. The lowest BCUT2D eigenvalue weighted by Gasteiger charge is -2.10. The van der Waals surface area contributed by atoms with Crippen molar-refractivity contribution in [2.45, 2.75) is 43.4 Å². The molecule has 0 radical (unpaired) electrons. The third-order valence-corrected chi connectivity index (χ3v) is 5.10. The van der Waals surface area contributed by atoms with Crippen LogP contribution in [-0.2, 0) is 9.84 Å². The summed E-state index contributed by atoms with van der Waals surface area (Å²) >= 11 is 0. The normalized spacial score (nSPS) is 15.6. The van der Waals surface area contributed by atoms with Gasteiger partial charge in [-0.05, 0) is 44.2 Å². The van der Waals surface area contributed by atoms with Gasteiger partial charge in [-0.2, -0.15) is 0 Å². The summed E-state index contributed by atoms with van der Waals surface area (Å²) in [6.45, 7) is 0.602. The zero-order chi connectivity index (χ0) is 16.9. The van der Waals surface area contributed by atoms with E-state index in [1.807, 2.05) is 0 Å². The second-order valence-corrected chi connectivity index (χ2v) is 7.86. The summed E-state index contributed by atoms with van der Waals surface area (Å²) in [7, 11) is -3.46. The number of nitro groups is 1. The van der Waals surface area contributed by atoms with Gasteiger partial charge < -0.3 is 5.32 Å². The molecule has 1 aromatic rings. The average Bonchev–Trinajstić information content (AvgIpc) is 2.75. The lowest BCUT2D eigenvalue weighted by atomic mass is 10.1. The van der Waals surface area contributed by atoms with Gasteiger partial charge in [-0.3, -0.25) is 10.1 Å². The number of benzene rings is 1. The molecule has 1 aliphatic rings. The third kappa shape index (κ3) is 5.06. The SMILES string of the molecule is CS(=O)(=O)c1ccc(NCCC2=CCCCCC2)c([N+](=O)[O-])c1. The number of anilines is 1. The van der Waals surface area contributed by atoms with Crippen LogP contribution in [0.5, 0.6) is 0 Å². The highest BCUT2D eigenvalue weighted by atomic mass is 32.2. The first-order valence-electron chi connectivity index (χ1n) is 7.78. The lowest BCUT2D eigenvalue weighted by molar-refractivity contribution is -0.384. The molecule has 23 heavy (non-hydrogen) atoms. The minimum Gasteiger partial charge on any atom is -0.379 e. The van der Waals surface area contributed by atoms with Crippen LogP contribution in [0.15, 0.2) is 34.7 Å². The van der Waals surface area contributed by atoms with E-state index in [1.54, 1.807) is 0 Å². The molecule has 0 atom stereocenters. The van der Waals surface area contributed by atoms with E-state index in [2.05, 4.69) is 11.4 Å². The van der Waals surface area contributed by atoms with Gasteiger partial charge in [0.2, 0.25) is 0 Å². The number of nitro benzene ring substituents is 1. The van der Waals surface area contributed by atoms with Gasteiger partial charge in [0.1, 0.15) is 5.69 Å². The van der Waals surface area contributed by atoms with E-state index in [0.717, 1.165) is 31.6 Å². The van der Waals surface area contributed by atoms with Crippen LogP contribution in [0.4, 0.5) is 11.4 Å². The Labute approximate surface area is 136 Å². The van der Waals surface area contributed by atoms with Crippen LogP contribution in [0.1, 0.15) is 38.5 Å². The molecule has 0 aliphatic heterocycles. The Morgan fingerprint density at radius 3 is 2.74 bits per heavy atom. The number of nitrogens with zero attached hydrogens (tertiary/aromatic N) is 1. The van der Waals surface area contributed by atoms with Crippen molar-refractivity contribution in [1.82, 2.24) is 0 Å². The van der Waals surface area contributed by atoms with Crippen LogP contribution in [0, 0.1) is 10.1 Å². The molecule has 0 amide bonds. The van der Waals surface area contributed by atoms with Crippen LogP contribution in [-0.4, -0.2) is 26.1 Å². The zero-order valence-electron chi connectivity index (χ0n) is 13.2. The van der Waals surface area contributed by atoms with Crippen molar-refractivity contribution >= 4 is 21.2 Å². The monoisotopic (exact) mass is 338 g/mol. The maximum atomic E-state index is 11.5. The first-order valence-corrected chi connectivity index (χ1v) is 9.67. The second-order valence-electron chi connectivity index (χ2n) is 5.85. The summed E-state index contributed by atoms with van der Waals surface area (Å²) < 4.78 is 23.0. The Kier molecular flexibility index (Phi) is 5.76. The topological polar surface area (TPSA) is 89.3 Å². The molecule has 0 bridgehead atoms. The van der Waals surface area contributed by atoms with Crippen molar-refractivity contribution in [2.75, 3.05) is 18.1 Å². The fourth-order valence-electron chi connectivity index (χ4n) is 2.71. The predicted molar refractivity (Wildman–Crippen MR) is 90.5 cm³/mol. The van der Waals surface area contributed by atoms with Crippen LogP contribution in [0.3, 0.4) is 0 Å². The minimum atomic E-state index is -3.46. The molecule has 0 spiro atoms. The first kappa shape index (κ1) is 17.5. The minimum absolute atomic E-state index is 0.0405. The summed E-state index contributed by atoms with van der Waals surface area (Å²) in [6, 6.07) is 3.98. The molecular weight excluding hydrogens is 316 g/mol. The summed E-state index contributed by atoms with van der Waals surface area (Å²) in [6.07, 6.45) is 10.1. The Balaban J connectivity index is 2.07. The highest BCUT2D eigenvalue weighted by Crippen LogP contribution is 2.28. The van der Waals surface area contributed by atoms with E-state index in [9.17, 15) is 18.5 Å². The molecule has 1 N–H and O–H groups in total. The maximum Gasteiger partial charge on any atom is 0.293 e. The van der Waals surface area contributed by atoms with Crippen molar-refractivity contribution in [3.05, 3.63) is 40.0 Å². The fraction of sp³-hybridized carbons (Fsp3) is 0.500. The maximum absolute atomic E-state index is 11.5. The van der Waals surface area contributed by atoms with Gasteiger partial charge >= 0.3 is 0 Å². The van der Waals surface area contributed by atoms with Gasteiger partial charge in [0.05, 0.1) is 9.82 Å². The van der Waals surface area contributed by atoms with Crippen LogP contribution < -0.4 is 5.32 Å². The molecule has 0 fully saturated rings. The molecular formula is C16H22N2O4S. The van der Waals surface area contributed by atoms with E-state index in [-0.39, 0.29) is 10.6 Å². The number of hydrogen-bond donors (Lipinski definition) is 1. The fourth-order valence-corrected chi connectivity index (χ4v) is 3.35. The van der Waals surface area contributed by atoms with Gasteiger partial charge in [0.25, 0.3) is 5.69 Å². The van der Waals surface area contributed by atoms with Gasteiger partial charge in [-0.25, -0.2) is 8.42 Å². The zero-order valence-corrected chi connectivity index (χ0v) is 14.1. The molecule has 126 valence electrons. The van der Waals surface area contributed by atoms with Crippen molar-refractivity contribution in [3.8, 4) is 0 Å². The second kappa shape index (κ2) is 7.59. The third-order valence-electron chi connectivity index (χ3n) is 3.99. The smallest absolute Gasteiger partial charge is 0.293 e. The largest absolute Gasteiger partial charge is 0.379 e. The van der Waals surface area contributed by atoms with Gasteiger partial charge in [-0.1, -0.05) is 18.1 Å². The van der Waals surface area contributed by atoms with E-state index in [1.165, 1.54) is 37.0 Å². The Morgan fingerprint density at radius 1 is 1.26 bits per heavy atom. The predicted octanol–water partition coefficient (Wildman–Crippen LogP) is 3.69. The highest BCUT2D eigenvalue weighted by Gasteiger charge is 2.18. The van der Waals surface area contributed by atoms with Crippen molar-refractivity contribution in [1.29, 1.82) is 0 Å². The lowest BCUT2D eigenvalue weighted by Crippen LogP contribution is -2.07. The number of rotatable bonds is 6. The average molecular weight is 338 g/mol. The Bertz CT molecular complexity index is 711. The highest BCUT2D eigenvalue weighted by molar-refractivity contribution is 7.90. The van der Waals surface area contributed by atoms with Crippen LogP contribution >= 0.6 is 0 Å². The van der Waals surface area contributed by atoms with Crippen molar-refractivity contribution in [3.63, 3.8) is 0 Å². The summed E-state index contributed by atoms with van der Waals surface area (Å²) in [5, 5.41) is 14.2. The summed E-state index contributed by atoms with van der Waals surface area (Å²) in [4.78, 5) is 10.6. The van der Waals surface area contributed by atoms with Crippen LogP contribution in [0.2, 0.25) is 0 Å². The van der Waals surface area contributed by atoms with E-state index in [0.29, 0.717) is 12.2 Å². The molecule has 7 heteroatoms. The van der Waals surface area contributed by atoms with Crippen molar-refractivity contribution < 1.29 is 13.3 Å². The van der Waals surface area contributed by atoms with E-state index < -0.39 is 14.8 Å². The molecule has 6 nitrogen and oxygen atoms in total. The number of sulfone groups is 1. The summed E-state index contributed by atoms with van der Waals surface area (Å²) in [5.74, 6) is 0. The molecule has 1 aliphatic carbocycles. The Morgan fingerprint density at radius 2 is 2.04 bits per heavy atom. The molecule has 1 aromatic carbocycles. The molecule has 0 aromatic heterocycles. The molecule has 2 rings (SSSR count). The quantitative estimate of drug-likeness (QED) is 0.485. The standard InChI is InChI=1S/C16H22N2O4S/c1-23(21,22)14-8-9-15(16(12-14)18(19)20)17-11-10-13-6-4-2-3-5-7-13/h6,8-9,12,17H,2-5,7,10-11H2,1H3. The van der Waals surface area contributed by atoms with Gasteiger partial charge in [0, 0.05) is 18.9 Å². The van der Waals surface area contributed by atoms with E-state index in [4.69, 9.17) is 0 Å². The molecule has 0 unspecified atom stereocenters. The number of allylic oxidation sites excluding steroid dienone is 1. The Hall–Kier alpha value is -1.89. The van der Waals surface area contributed by atoms with Gasteiger partial charge in [0.15, 0.2) is 9.84 Å².